The van der Waals surface area contributed by atoms with Gasteiger partial charge in [0.05, 0.1) is 0 Å². The zero-order valence-corrected chi connectivity index (χ0v) is 7.73. The van der Waals surface area contributed by atoms with Crippen LogP contribution in [0.5, 0.6) is 0 Å². The smallest absolute Gasteiger partial charge is 0.143 e. The van der Waals surface area contributed by atoms with E-state index in [1.54, 1.807) is 0 Å². The Hall–Kier alpha value is -0.590. The zero-order valence-electron chi connectivity index (χ0n) is 7.73. The van der Waals surface area contributed by atoms with Crippen molar-refractivity contribution in [1.29, 1.82) is 0 Å². The first-order chi connectivity index (χ1) is 5.76. The number of ketones is 1. The van der Waals surface area contributed by atoms with Crippen LogP contribution in [-0.4, -0.2) is 5.78 Å². The lowest BCUT2D eigenvalue weighted by atomic mass is 9.69. The van der Waals surface area contributed by atoms with E-state index in [4.69, 9.17) is 0 Å². The Labute approximate surface area is 73.8 Å². The fourth-order valence-electron chi connectivity index (χ4n) is 2.70. The second kappa shape index (κ2) is 2.72. The molecule has 12 heavy (non-hydrogen) atoms. The van der Waals surface area contributed by atoms with E-state index >= 15 is 0 Å². The molecule has 0 saturated heterocycles. The Balaban J connectivity index is 2.28. The molecule has 1 fully saturated rings. The molecule has 1 nitrogen and oxygen atoms in total. The van der Waals surface area contributed by atoms with E-state index in [1.807, 2.05) is 0 Å². The van der Waals surface area contributed by atoms with E-state index in [1.165, 1.54) is 12.0 Å². The van der Waals surface area contributed by atoms with Crippen LogP contribution in [0.25, 0.3) is 0 Å². The quantitative estimate of drug-likeness (QED) is 0.503. The van der Waals surface area contributed by atoms with Crippen LogP contribution in [0, 0.1) is 5.41 Å². The molecule has 1 saturated carbocycles. The molecule has 0 aromatic rings. The largest absolute Gasteiger partial charge is 0.299 e. The lowest BCUT2D eigenvalue weighted by molar-refractivity contribution is -0.129. The van der Waals surface area contributed by atoms with Crippen molar-refractivity contribution in [3.63, 3.8) is 0 Å². The minimum absolute atomic E-state index is 0.0122. The maximum absolute atomic E-state index is 11.8. The summed E-state index contributed by atoms with van der Waals surface area (Å²) in [4.78, 5) is 11.8. The topological polar surface area (TPSA) is 17.1 Å². The molecule has 2 rings (SSSR count). The average Bonchev–Trinajstić information content (AvgIpc) is 2.41. The lowest BCUT2D eigenvalue weighted by Crippen LogP contribution is -2.33. The highest BCUT2D eigenvalue weighted by Gasteiger charge is 2.42. The molecule has 0 N–H and O–H groups in total. The van der Waals surface area contributed by atoms with Crippen LogP contribution in [0.1, 0.15) is 45.4 Å². The van der Waals surface area contributed by atoms with Crippen LogP contribution in [0.15, 0.2) is 11.6 Å². The summed E-state index contributed by atoms with van der Waals surface area (Å²) in [5.41, 5.74) is 1.37. The number of allylic oxidation sites excluding steroid dienone is 2. The first-order valence-corrected chi connectivity index (χ1v) is 4.96. The molecule has 0 bridgehead atoms. The van der Waals surface area contributed by atoms with Crippen molar-refractivity contribution in [2.24, 2.45) is 5.41 Å². The zero-order chi connectivity index (χ0) is 8.60. The van der Waals surface area contributed by atoms with Gasteiger partial charge in [0.1, 0.15) is 5.78 Å². The molecule has 2 aliphatic carbocycles. The Morgan fingerprint density at radius 1 is 1.33 bits per heavy atom. The molecular formula is C11H16O. The second-order valence-electron chi connectivity index (χ2n) is 4.14. The number of rotatable bonds is 0. The van der Waals surface area contributed by atoms with Crippen LogP contribution in [0.4, 0.5) is 0 Å². The maximum Gasteiger partial charge on any atom is 0.143 e. The van der Waals surface area contributed by atoms with E-state index in [0.29, 0.717) is 5.78 Å². The van der Waals surface area contributed by atoms with Crippen LogP contribution in [0.2, 0.25) is 0 Å². The van der Waals surface area contributed by atoms with Crippen molar-refractivity contribution in [2.75, 3.05) is 0 Å². The number of Topliss-reactive ketones (excluding diaryl/α,β-unsaturated/α-hetero) is 1. The van der Waals surface area contributed by atoms with E-state index in [0.717, 1.165) is 32.1 Å². The number of carbonyl (C=O) groups is 1. The van der Waals surface area contributed by atoms with Gasteiger partial charge in [-0.3, -0.25) is 4.79 Å². The summed E-state index contributed by atoms with van der Waals surface area (Å²) >= 11 is 0. The van der Waals surface area contributed by atoms with Crippen molar-refractivity contribution in [3.05, 3.63) is 11.6 Å². The van der Waals surface area contributed by atoms with Crippen LogP contribution < -0.4 is 0 Å². The Morgan fingerprint density at radius 2 is 2.17 bits per heavy atom. The molecule has 1 spiro atoms. The first kappa shape index (κ1) is 8.03. The molecule has 0 aromatic carbocycles. The summed E-state index contributed by atoms with van der Waals surface area (Å²) in [5.74, 6) is 0.514. The molecule has 1 atom stereocenters. The van der Waals surface area contributed by atoms with Gasteiger partial charge in [-0.25, -0.2) is 0 Å². The third kappa shape index (κ3) is 0.954. The molecule has 0 aromatic heterocycles. The summed E-state index contributed by atoms with van der Waals surface area (Å²) in [6, 6.07) is 0. The van der Waals surface area contributed by atoms with Gasteiger partial charge >= 0.3 is 0 Å². The summed E-state index contributed by atoms with van der Waals surface area (Å²) in [7, 11) is 0. The maximum atomic E-state index is 11.8. The number of hydrogen-bond acceptors (Lipinski definition) is 1. The standard InChI is InChI=1S/C11H16O/c1-9-5-4-8-11(9)7-3-2-6-10(11)12/h5H,2-4,6-8H2,1H3. The molecule has 66 valence electrons. The van der Waals surface area contributed by atoms with Crippen LogP contribution >= 0.6 is 0 Å². The molecule has 0 aliphatic heterocycles. The third-order valence-electron chi connectivity index (χ3n) is 3.57. The summed E-state index contributed by atoms with van der Waals surface area (Å²) in [6.45, 7) is 2.14. The predicted molar refractivity (Wildman–Crippen MR) is 48.9 cm³/mol. The SMILES string of the molecule is CC1=CCCC12CCCCC2=O. The normalized spacial score (nSPS) is 35.8. The van der Waals surface area contributed by atoms with Crippen molar-refractivity contribution in [1.82, 2.24) is 0 Å². The summed E-state index contributed by atoms with van der Waals surface area (Å²) in [6.07, 6.45) is 8.78. The summed E-state index contributed by atoms with van der Waals surface area (Å²) in [5, 5.41) is 0. The summed E-state index contributed by atoms with van der Waals surface area (Å²) < 4.78 is 0. The molecule has 0 heterocycles. The van der Waals surface area contributed by atoms with Gasteiger partial charge in [-0.05, 0) is 32.6 Å². The van der Waals surface area contributed by atoms with Gasteiger partial charge < -0.3 is 0 Å². The number of carbonyl (C=O) groups excluding carboxylic acids is 1. The predicted octanol–water partition coefficient (Wildman–Crippen LogP) is 2.86. The average molecular weight is 164 g/mol. The van der Waals surface area contributed by atoms with Crippen molar-refractivity contribution < 1.29 is 4.79 Å². The van der Waals surface area contributed by atoms with Crippen LogP contribution in [0.3, 0.4) is 0 Å². The van der Waals surface area contributed by atoms with Crippen molar-refractivity contribution >= 4 is 5.78 Å². The first-order valence-electron chi connectivity index (χ1n) is 4.96. The third-order valence-corrected chi connectivity index (χ3v) is 3.57. The highest BCUT2D eigenvalue weighted by Crippen LogP contribution is 2.47. The van der Waals surface area contributed by atoms with Gasteiger partial charge in [-0.15, -0.1) is 0 Å². The minimum Gasteiger partial charge on any atom is -0.299 e. The van der Waals surface area contributed by atoms with Crippen LogP contribution in [-0.2, 0) is 4.79 Å². The van der Waals surface area contributed by atoms with E-state index in [-0.39, 0.29) is 5.41 Å². The molecular weight excluding hydrogens is 148 g/mol. The van der Waals surface area contributed by atoms with Gasteiger partial charge in [0.2, 0.25) is 0 Å². The minimum atomic E-state index is 0.0122. The Kier molecular flexibility index (Phi) is 1.82. The molecule has 0 amide bonds. The second-order valence-corrected chi connectivity index (χ2v) is 4.14. The Morgan fingerprint density at radius 3 is 2.75 bits per heavy atom. The van der Waals surface area contributed by atoms with Gasteiger partial charge in [0.15, 0.2) is 0 Å². The van der Waals surface area contributed by atoms with Crippen molar-refractivity contribution in [3.8, 4) is 0 Å². The molecule has 1 unspecified atom stereocenters. The lowest BCUT2D eigenvalue weighted by Gasteiger charge is -2.33. The van der Waals surface area contributed by atoms with E-state index in [2.05, 4.69) is 13.0 Å². The highest BCUT2D eigenvalue weighted by atomic mass is 16.1. The van der Waals surface area contributed by atoms with Gasteiger partial charge in [0.25, 0.3) is 0 Å². The van der Waals surface area contributed by atoms with Crippen molar-refractivity contribution in [2.45, 2.75) is 45.4 Å². The Bertz CT molecular complexity index is 239. The van der Waals surface area contributed by atoms with Gasteiger partial charge in [-0.2, -0.15) is 0 Å². The van der Waals surface area contributed by atoms with E-state index < -0.39 is 0 Å². The fourth-order valence-corrected chi connectivity index (χ4v) is 2.70. The van der Waals surface area contributed by atoms with E-state index in [9.17, 15) is 4.79 Å². The molecule has 2 aliphatic rings. The number of hydrogen-bond donors (Lipinski definition) is 0. The highest BCUT2D eigenvalue weighted by molar-refractivity contribution is 5.89. The van der Waals surface area contributed by atoms with Gasteiger partial charge in [-0.1, -0.05) is 18.1 Å². The fraction of sp³-hybridized carbons (Fsp3) is 0.727. The monoisotopic (exact) mass is 164 g/mol. The molecule has 0 radical (unpaired) electrons. The molecule has 1 heteroatoms. The van der Waals surface area contributed by atoms with Gasteiger partial charge in [0, 0.05) is 11.8 Å².